The van der Waals surface area contributed by atoms with E-state index in [0.717, 1.165) is 12.2 Å². The minimum Gasteiger partial charge on any atom is -0.294 e. The molecular weight excluding hydrogens is 261 g/mol. The highest BCUT2D eigenvalue weighted by molar-refractivity contribution is 7.98. The Kier molecular flexibility index (Phi) is 6.52. The van der Waals surface area contributed by atoms with Crippen LogP contribution in [0.5, 0.6) is 0 Å². The van der Waals surface area contributed by atoms with Crippen molar-refractivity contribution in [3.05, 3.63) is 35.6 Å². The molecule has 0 saturated carbocycles. The lowest BCUT2D eigenvalue weighted by Crippen LogP contribution is -2.42. The summed E-state index contributed by atoms with van der Waals surface area (Å²) in [6.07, 6.45) is 3.14. The molecule has 2 nitrogen and oxygen atoms in total. The van der Waals surface area contributed by atoms with Crippen molar-refractivity contribution in [3.63, 3.8) is 0 Å². The van der Waals surface area contributed by atoms with E-state index in [4.69, 9.17) is 0 Å². The molecule has 0 aliphatic carbocycles. The van der Waals surface area contributed by atoms with E-state index < -0.39 is 0 Å². The van der Waals surface area contributed by atoms with Crippen molar-refractivity contribution in [3.8, 4) is 0 Å². The number of nitrogens with zero attached hydrogens (tertiary/aromatic N) is 1. The molecular formula is C15H22FNOS. The first-order chi connectivity index (χ1) is 8.97. The van der Waals surface area contributed by atoms with Gasteiger partial charge in [-0.2, -0.15) is 11.8 Å². The van der Waals surface area contributed by atoms with E-state index in [1.807, 2.05) is 25.7 Å². The summed E-state index contributed by atoms with van der Waals surface area (Å²) >= 11 is 1.81. The number of ketones is 1. The second-order valence-corrected chi connectivity index (χ2v) is 5.83. The average Bonchev–Trinajstić information content (AvgIpc) is 2.43. The summed E-state index contributed by atoms with van der Waals surface area (Å²) in [7, 11) is 1.97. The van der Waals surface area contributed by atoms with Gasteiger partial charge in [-0.25, -0.2) is 4.39 Å². The number of rotatable bonds is 7. The molecule has 0 saturated heterocycles. The Bertz CT molecular complexity index is 407. The third-order valence-corrected chi connectivity index (χ3v) is 4.20. The number of Topliss-reactive ketones (excluding diaryl/α,β-unsaturated/α-hetero) is 1. The van der Waals surface area contributed by atoms with Crippen LogP contribution >= 0.6 is 11.8 Å². The molecule has 2 atom stereocenters. The van der Waals surface area contributed by atoms with Gasteiger partial charge in [0.2, 0.25) is 0 Å². The quantitative estimate of drug-likeness (QED) is 0.715. The van der Waals surface area contributed by atoms with Gasteiger partial charge in [-0.05, 0) is 63.6 Å². The van der Waals surface area contributed by atoms with E-state index >= 15 is 0 Å². The van der Waals surface area contributed by atoms with Crippen LogP contribution in [-0.2, 0) is 0 Å². The number of hydrogen-bond donors (Lipinski definition) is 0. The van der Waals surface area contributed by atoms with Gasteiger partial charge in [-0.15, -0.1) is 0 Å². The van der Waals surface area contributed by atoms with Crippen molar-refractivity contribution in [1.82, 2.24) is 4.90 Å². The number of carbonyl (C=O) groups excluding carboxylic acids is 1. The molecule has 1 aromatic rings. The Balaban J connectivity index is 2.68. The highest BCUT2D eigenvalue weighted by Crippen LogP contribution is 2.14. The zero-order valence-electron chi connectivity index (χ0n) is 12.0. The molecule has 1 rings (SSSR count). The summed E-state index contributed by atoms with van der Waals surface area (Å²) in [5.41, 5.74) is 0.567. The van der Waals surface area contributed by atoms with Gasteiger partial charge < -0.3 is 0 Å². The molecule has 0 fully saturated rings. The highest BCUT2D eigenvalue weighted by Gasteiger charge is 2.22. The molecule has 19 heavy (non-hydrogen) atoms. The molecule has 0 N–H and O–H groups in total. The van der Waals surface area contributed by atoms with E-state index in [1.165, 1.54) is 12.1 Å². The smallest absolute Gasteiger partial charge is 0.179 e. The largest absolute Gasteiger partial charge is 0.294 e. The fourth-order valence-electron chi connectivity index (χ4n) is 1.91. The van der Waals surface area contributed by atoms with Crippen LogP contribution in [0.1, 0.15) is 30.6 Å². The normalized spacial score (nSPS) is 14.4. The molecule has 0 amide bonds. The molecule has 2 unspecified atom stereocenters. The Morgan fingerprint density at radius 3 is 2.42 bits per heavy atom. The van der Waals surface area contributed by atoms with Crippen LogP contribution in [0.15, 0.2) is 24.3 Å². The van der Waals surface area contributed by atoms with Crippen LogP contribution in [0.25, 0.3) is 0 Å². The van der Waals surface area contributed by atoms with Crippen LogP contribution in [0.3, 0.4) is 0 Å². The topological polar surface area (TPSA) is 20.3 Å². The van der Waals surface area contributed by atoms with Gasteiger partial charge in [0.1, 0.15) is 5.82 Å². The molecule has 0 bridgehead atoms. The van der Waals surface area contributed by atoms with Gasteiger partial charge in [0, 0.05) is 11.6 Å². The van der Waals surface area contributed by atoms with Crippen molar-refractivity contribution in [2.24, 2.45) is 0 Å². The Morgan fingerprint density at radius 1 is 1.32 bits per heavy atom. The third kappa shape index (κ3) is 4.62. The van der Waals surface area contributed by atoms with Gasteiger partial charge in [-0.1, -0.05) is 0 Å². The Labute approximate surface area is 119 Å². The second kappa shape index (κ2) is 7.65. The van der Waals surface area contributed by atoms with E-state index in [9.17, 15) is 9.18 Å². The molecule has 1 aromatic carbocycles. The van der Waals surface area contributed by atoms with Crippen molar-refractivity contribution in [2.45, 2.75) is 32.4 Å². The molecule has 0 aromatic heterocycles. The maximum absolute atomic E-state index is 12.9. The van der Waals surface area contributed by atoms with Crippen LogP contribution in [0.2, 0.25) is 0 Å². The van der Waals surface area contributed by atoms with Crippen molar-refractivity contribution in [2.75, 3.05) is 19.1 Å². The number of thioether (sulfide) groups is 1. The van der Waals surface area contributed by atoms with Crippen LogP contribution in [0, 0.1) is 5.82 Å². The minimum absolute atomic E-state index is 0.0403. The number of benzene rings is 1. The van der Waals surface area contributed by atoms with Gasteiger partial charge in [0.25, 0.3) is 0 Å². The standard InChI is InChI=1S/C15H22FNOS/c1-11(9-10-19-4)17(3)12(2)15(18)13-5-7-14(16)8-6-13/h5-8,11-12H,9-10H2,1-4H3. The Hall–Kier alpha value is -0.870. The zero-order valence-corrected chi connectivity index (χ0v) is 12.8. The zero-order chi connectivity index (χ0) is 14.4. The summed E-state index contributed by atoms with van der Waals surface area (Å²) in [5, 5.41) is 0. The summed E-state index contributed by atoms with van der Waals surface area (Å²) < 4.78 is 12.9. The van der Waals surface area contributed by atoms with Crippen LogP contribution in [0.4, 0.5) is 4.39 Å². The molecule has 0 radical (unpaired) electrons. The number of carbonyl (C=O) groups is 1. The summed E-state index contributed by atoms with van der Waals surface area (Å²) in [5.74, 6) is 0.813. The first-order valence-corrected chi connectivity index (χ1v) is 7.87. The number of halogens is 1. The maximum atomic E-state index is 12.9. The van der Waals surface area contributed by atoms with Crippen molar-refractivity contribution >= 4 is 17.5 Å². The average molecular weight is 283 g/mol. The third-order valence-electron chi connectivity index (χ3n) is 3.55. The van der Waals surface area contributed by atoms with Crippen LogP contribution < -0.4 is 0 Å². The molecule has 0 aliphatic heterocycles. The van der Waals surface area contributed by atoms with Crippen molar-refractivity contribution in [1.29, 1.82) is 0 Å². The SMILES string of the molecule is CSCCC(C)N(C)C(C)C(=O)c1ccc(F)cc1. The van der Waals surface area contributed by atoms with Gasteiger partial charge >= 0.3 is 0 Å². The fraction of sp³-hybridized carbons (Fsp3) is 0.533. The summed E-state index contributed by atoms with van der Waals surface area (Å²) in [6, 6.07) is 5.92. The lowest BCUT2D eigenvalue weighted by molar-refractivity contribution is 0.0824. The number of likely N-dealkylation sites (N-methyl/N-ethyl adjacent to an activating group) is 1. The van der Waals surface area contributed by atoms with Crippen molar-refractivity contribution < 1.29 is 9.18 Å². The second-order valence-electron chi connectivity index (χ2n) is 4.84. The predicted molar refractivity (Wildman–Crippen MR) is 80.4 cm³/mol. The lowest BCUT2D eigenvalue weighted by Gasteiger charge is -2.29. The predicted octanol–water partition coefficient (Wildman–Crippen LogP) is 3.47. The highest BCUT2D eigenvalue weighted by atomic mass is 32.2. The van der Waals surface area contributed by atoms with Gasteiger partial charge in [0.15, 0.2) is 5.78 Å². The molecule has 106 valence electrons. The van der Waals surface area contributed by atoms with E-state index in [2.05, 4.69) is 18.1 Å². The fourth-order valence-corrected chi connectivity index (χ4v) is 2.49. The first-order valence-electron chi connectivity index (χ1n) is 6.48. The molecule has 0 spiro atoms. The summed E-state index contributed by atoms with van der Waals surface area (Å²) in [4.78, 5) is 14.4. The maximum Gasteiger partial charge on any atom is 0.179 e. The minimum atomic E-state index is -0.314. The lowest BCUT2D eigenvalue weighted by atomic mass is 10.0. The van der Waals surface area contributed by atoms with E-state index in [1.54, 1.807) is 12.1 Å². The molecule has 4 heteroatoms. The monoisotopic (exact) mass is 283 g/mol. The van der Waals surface area contributed by atoms with E-state index in [0.29, 0.717) is 11.6 Å². The number of hydrogen-bond acceptors (Lipinski definition) is 3. The summed E-state index contributed by atoms with van der Waals surface area (Å²) in [6.45, 7) is 4.03. The molecule has 0 aliphatic rings. The molecule has 0 heterocycles. The van der Waals surface area contributed by atoms with Crippen LogP contribution in [-0.4, -0.2) is 41.8 Å². The first kappa shape index (κ1) is 16.2. The Morgan fingerprint density at radius 2 is 1.89 bits per heavy atom. The van der Waals surface area contributed by atoms with Gasteiger partial charge in [0.05, 0.1) is 6.04 Å². The van der Waals surface area contributed by atoms with E-state index in [-0.39, 0.29) is 17.6 Å². The van der Waals surface area contributed by atoms with Gasteiger partial charge in [-0.3, -0.25) is 9.69 Å².